The first-order valence-electron chi connectivity index (χ1n) is 23.2. The maximum Gasteiger partial charge on any atom is 0.472 e. The van der Waals surface area contributed by atoms with Crippen molar-refractivity contribution < 1.29 is 28.4 Å². The lowest BCUT2D eigenvalue weighted by Gasteiger charge is -2.23. The highest BCUT2D eigenvalue weighted by molar-refractivity contribution is 7.47. The van der Waals surface area contributed by atoms with E-state index in [1.165, 1.54) is 89.9 Å². The summed E-state index contributed by atoms with van der Waals surface area (Å²) < 4.78 is 22.1. The zero-order valence-electron chi connectivity index (χ0n) is 37.0. The lowest BCUT2D eigenvalue weighted by molar-refractivity contribution is -0.123. The molecule has 0 aliphatic heterocycles. The molecule has 0 fully saturated rings. The molecular weight excluding hydrogens is 744 g/mol. The van der Waals surface area contributed by atoms with E-state index in [9.17, 15) is 19.4 Å². The Morgan fingerprint density at radius 3 is 1.47 bits per heavy atom. The summed E-state index contributed by atoms with van der Waals surface area (Å²) in [5, 5.41) is 13.7. The summed E-state index contributed by atoms with van der Waals surface area (Å²) in [7, 11) is -4.36. The summed E-state index contributed by atoms with van der Waals surface area (Å²) in [6, 6.07) is -0.889. The molecule has 0 aromatic carbocycles. The highest BCUT2D eigenvalue weighted by Gasteiger charge is 2.26. The van der Waals surface area contributed by atoms with Crippen molar-refractivity contribution in [1.29, 1.82) is 0 Å². The standard InChI is InChI=1S/C49H87N2O6P/c1-3-5-7-9-11-13-15-17-19-21-23-24-25-27-29-31-33-35-37-39-41-43-49(53)51-47(46-57-58(54,55)56-45-44-50)48(52)42-40-38-36-34-32-30-28-26-22-20-18-16-14-12-10-8-6-4-2/h5,7,11,13,17,19,23-24,27,29,33,35,40,42,47-48,52H,3-4,6,8-10,12,14-16,18,20-22,25-26,28,30-32,34,36-39,41,43-46,50H2,1-2H3,(H,51,53)(H,54,55)/b7-5-,13-11-,19-17-,24-23-,29-27-,35-33-,42-40+. The molecule has 0 heterocycles. The first-order valence-corrected chi connectivity index (χ1v) is 24.7. The van der Waals surface area contributed by atoms with E-state index >= 15 is 0 Å². The Kier molecular flexibility index (Phi) is 42.5. The lowest BCUT2D eigenvalue weighted by atomic mass is 10.0. The van der Waals surface area contributed by atoms with Gasteiger partial charge in [-0.2, -0.15) is 0 Å². The van der Waals surface area contributed by atoms with Gasteiger partial charge >= 0.3 is 7.82 Å². The maximum atomic E-state index is 12.8. The molecule has 0 aromatic heterocycles. The number of phosphoric acid groups is 1. The van der Waals surface area contributed by atoms with Crippen molar-refractivity contribution >= 4 is 13.7 Å². The predicted molar refractivity (Wildman–Crippen MR) is 249 cm³/mol. The van der Waals surface area contributed by atoms with Gasteiger partial charge in [0.1, 0.15) is 0 Å². The zero-order chi connectivity index (χ0) is 42.5. The van der Waals surface area contributed by atoms with Crippen LogP contribution in [0, 0.1) is 0 Å². The molecule has 0 aromatic rings. The third-order valence-corrected chi connectivity index (χ3v) is 10.7. The second-order valence-corrected chi connectivity index (χ2v) is 16.7. The van der Waals surface area contributed by atoms with Crippen LogP contribution < -0.4 is 11.1 Å². The molecule has 0 saturated heterocycles. The minimum atomic E-state index is -4.36. The molecule has 0 aliphatic carbocycles. The largest absolute Gasteiger partial charge is 0.472 e. The molecule has 0 aliphatic rings. The zero-order valence-corrected chi connectivity index (χ0v) is 37.9. The van der Waals surface area contributed by atoms with E-state index in [2.05, 4.69) is 92.1 Å². The van der Waals surface area contributed by atoms with Gasteiger partial charge in [0.25, 0.3) is 0 Å². The summed E-state index contributed by atoms with van der Waals surface area (Å²) >= 11 is 0. The van der Waals surface area contributed by atoms with Crippen LogP contribution in [0.1, 0.15) is 187 Å². The fourth-order valence-corrected chi connectivity index (χ4v) is 7.01. The molecule has 0 saturated carbocycles. The molecule has 0 bridgehead atoms. The number of hydrogen-bond acceptors (Lipinski definition) is 6. The summed E-state index contributed by atoms with van der Waals surface area (Å²) in [5.41, 5.74) is 5.38. The fourth-order valence-electron chi connectivity index (χ4n) is 6.25. The van der Waals surface area contributed by atoms with Gasteiger partial charge in [-0.15, -0.1) is 0 Å². The van der Waals surface area contributed by atoms with Gasteiger partial charge in [-0.25, -0.2) is 4.57 Å². The number of unbranched alkanes of at least 4 members (excludes halogenated alkanes) is 18. The fraction of sp³-hybridized carbons (Fsp3) is 0.694. The van der Waals surface area contributed by atoms with Crippen LogP contribution in [0.25, 0.3) is 0 Å². The Labute approximate surface area is 356 Å². The molecule has 334 valence electrons. The number of nitrogens with one attached hydrogen (secondary N) is 1. The Morgan fingerprint density at radius 2 is 1.00 bits per heavy atom. The van der Waals surface area contributed by atoms with Gasteiger partial charge in [-0.05, 0) is 70.6 Å². The van der Waals surface area contributed by atoms with Crippen molar-refractivity contribution in [2.24, 2.45) is 5.73 Å². The van der Waals surface area contributed by atoms with Crippen molar-refractivity contribution in [3.8, 4) is 0 Å². The van der Waals surface area contributed by atoms with E-state index in [1.54, 1.807) is 6.08 Å². The number of aliphatic hydroxyl groups excluding tert-OH is 1. The molecule has 3 atom stereocenters. The van der Waals surface area contributed by atoms with Crippen LogP contribution in [0.15, 0.2) is 85.1 Å². The van der Waals surface area contributed by atoms with E-state index in [0.717, 1.165) is 70.6 Å². The first kappa shape index (κ1) is 55.7. The average Bonchev–Trinajstić information content (AvgIpc) is 3.21. The van der Waals surface area contributed by atoms with Gasteiger partial charge in [-0.1, -0.05) is 195 Å². The van der Waals surface area contributed by atoms with Crippen LogP contribution in [0.4, 0.5) is 0 Å². The SMILES string of the molecule is CC/C=C\C/C=C\C/C=C\C/C=C\C/C=C\C/C=C\CCCCC(=O)NC(COP(=O)(O)OCCN)C(O)/C=C/CCCCCCCCCCCCCCCCCC. The number of phosphoric ester groups is 1. The van der Waals surface area contributed by atoms with Crippen LogP contribution in [0.2, 0.25) is 0 Å². The molecule has 0 rings (SSSR count). The topological polar surface area (TPSA) is 131 Å². The van der Waals surface area contributed by atoms with E-state index < -0.39 is 20.0 Å². The van der Waals surface area contributed by atoms with Crippen LogP contribution in [0.3, 0.4) is 0 Å². The number of aliphatic hydroxyl groups is 1. The highest BCUT2D eigenvalue weighted by atomic mass is 31.2. The number of amides is 1. The predicted octanol–water partition coefficient (Wildman–Crippen LogP) is 13.4. The summed E-state index contributed by atoms with van der Waals surface area (Å²) in [6.07, 6.45) is 59.2. The number of hydrogen-bond donors (Lipinski definition) is 4. The molecule has 1 amide bonds. The van der Waals surface area contributed by atoms with E-state index in [4.69, 9.17) is 14.8 Å². The average molecular weight is 831 g/mol. The molecule has 8 nitrogen and oxygen atoms in total. The van der Waals surface area contributed by atoms with Gasteiger partial charge in [0, 0.05) is 13.0 Å². The smallest absolute Gasteiger partial charge is 0.387 e. The number of allylic oxidation sites excluding steroid dienone is 13. The normalized spacial score (nSPS) is 14.8. The van der Waals surface area contributed by atoms with Crippen LogP contribution in [0.5, 0.6) is 0 Å². The second-order valence-electron chi connectivity index (χ2n) is 15.2. The minimum absolute atomic E-state index is 0.0668. The Bertz CT molecular complexity index is 1180. The van der Waals surface area contributed by atoms with Crippen molar-refractivity contribution in [3.05, 3.63) is 85.1 Å². The van der Waals surface area contributed by atoms with Gasteiger partial charge in [-0.3, -0.25) is 13.8 Å². The van der Waals surface area contributed by atoms with Crippen molar-refractivity contribution in [2.75, 3.05) is 19.8 Å². The van der Waals surface area contributed by atoms with Gasteiger partial charge < -0.3 is 21.1 Å². The first-order chi connectivity index (χ1) is 28.4. The second kappa shape index (κ2) is 44.2. The van der Waals surface area contributed by atoms with Gasteiger partial charge in [0.15, 0.2) is 0 Å². The Balaban J connectivity index is 4.30. The van der Waals surface area contributed by atoms with E-state index in [0.29, 0.717) is 6.42 Å². The number of rotatable bonds is 42. The summed E-state index contributed by atoms with van der Waals surface area (Å²) in [6.45, 7) is 3.98. The minimum Gasteiger partial charge on any atom is -0.387 e. The van der Waals surface area contributed by atoms with Crippen LogP contribution in [-0.4, -0.2) is 47.8 Å². The molecule has 3 unspecified atom stereocenters. The van der Waals surface area contributed by atoms with Crippen molar-refractivity contribution in [3.63, 3.8) is 0 Å². The third-order valence-electron chi connectivity index (χ3n) is 9.73. The summed E-state index contributed by atoms with van der Waals surface area (Å²) in [4.78, 5) is 22.7. The van der Waals surface area contributed by atoms with Crippen molar-refractivity contribution in [1.82, 2.24) is 5.32 Å². The van der Waals surface area contributed by atoms with E-state index in [-0.39, 0.29) is 32.1 Å². The van der Waals surface area contributed by atoms with E-state index in [1.807, 2.05) is 6.08 Å². The number of carbonyl (C=O) groups is 1. The van der Waals surface area contributed by atoms with Crippen LogP contribution >= 0.6 is 7.82 Å². The quantitative estimate of drug-likeness (QED) is 0.0274. The summed E-state index contributed by atoms with van der Waals surface area (Å²) in [5.74, 6) is -0.239. The van der Waals surface area contributed by atoms with Gasteiger partial charge in [0.05, 0.1) is 25.4 Å². The van der Waals surface area contributed by atoms with Gasteiger partial charge in [0.2, 0.25) is 5.91 Å². The van der Waals surface area contributed by atoms with Crippen molar-refractivity contribution in [2.45, 2.75) is 199 Å². The Hall–Kier alpha value is -2.32. The lowest BCUT2D eigenvalue weighted by Crippen LogP contribution is -2.45. The molecule has 0 spiro atoms. The monoisotopic (exact) mass is 831 g/mol. The molecular formula is C49H87N2O6P. The van der Waals surface area contributed by atoms with Crippen LogP contribution in [-0.2, 0) is 18.4 Å². The third kappa shape index (κ3) is 41.8. The molecule has 9 heteroatoms. The number of nitrogens with two attached hydrogens (primary N) is 1. The molecule has 58 heavy (non-hydrogen) atoms. The maximum absolute atomic E-state index is 12.8. The molecule has 0 radical (unpaired) electrons. The number of carbonyl (C=O) groups excluding carboxylic acids is 1. The highest BCUT2D eigenvalue weighted by Crippen LogP contribution is 2.43. The Morgan fingerprint density at radius 1 is 0.586 bits per heavy atom. The molecule has 5 N–H and O–H groups in total.